The quantitative estimate of drug-likeness (QED) is 0.0284. The normalized spacial score (nSPS) is 11.1. The molecule has 0 fully saturated rings. The van der Waals surface area contributed by atoms with E-state index in [0.717, 1.165) is 11.3 Å². The summed E-state index contributed by atoms with van der Waals surface area (Å²) in [5.74, 6) is -6.22. The number of ether oxygens (including phenoxy) is 1. The van der Waals surface area contributed by atoms with Gasteiger partial charge in [0.2, 0.25) is 15.7 Å². The first-order valence-corrected chi connectivity index (χ1v) is 19.1. The number of methoxy groups -OCH3 is 1. The van der Waals surface area contributed by atoms with Crippen LogP contribution in [0, 0.1) is 17.7 Å². The third-order valence-electron chi connectivity index (χ3n) is 6.12. The highest BCUT2D eigenvalue weighted by Crippen LogP contribution is 2.39. The molecule has 3 aromatic rings. The van der Waals surface area contributed by atoms with E-state index in [0.29, 0.717) is 42.9 Å². The molecule has 1 heterocycles. The number of carboxylic acids is 2. The third kappa shape index (κ3) is 15.3. The van der Waals surface area contributed by atoms with Crippen LogP contribution in [-0.2, 0) is 33.8 Å². The van der Waals surface area contributed by atoms with Crippen LogP contribution in [0.5, 0.6) is 0 Å². The number of halogens is 6. The van der Waals surface area contributed by atoms with Gasteiger partial charge in [0.1, 0.15) is 5.84 Å². The van der Waals surface area contributed by atoms with E-state index in [2.05, 4.69) is 15.4 Å². The Morgan fingerprint density at radius 2 is 1.51 bits per heavy atom. The molecule has 55 heavy (non-hydrogen) atoms. The number of esters is 1. The number of aliphatic carboxylic acids is 2. The molecule has 0 aliphatic rings. The molecule has 0 radical (unpaired) electrons. The molecule has 0 atom stereocenters. The van der Waals surface area contributed by atoms with Crippen LogP contribution in [0.25, 0.3) is 11.1 Å². The molecule has 0 saturated heterocycles. The molecule has 0 spiro atoms. The summed E-state index contributed by atoms with van der Waals surface area (Å²) in [7, 11) is -2.67. The molecule has 0 bridgehead atoms. The van der Waals surface area contributed by atoms with E-state index in [-0.39, 0.29) is 45.6 Å². The molecular weight excluding hydrogens is 831 g/mol. The van der Waals surface area contributed by atoms with Gasteiger partial charge in [-0.1, -0.05) is 12.1 Å². The number of hydrogen-bond acceptors (Lipinski definition) is 12. The number of benzene rings is 2. The molecule has 0 unspecified atom stereocenters. The van der Waals surface area contributed by atoms with Gasteiger partial charge in [0.05, 0.1) is 43.8 Å². The van der Waals surface area contributed by atoms with Crippen LogP contribution in [0.15, 0.2) is 56.5 Å². The zero-order chi connectivity index (χ0) is 42.5. The van der Waals surface area contributed by atoms with E-state index in [1.54, 1.807) is 37.4 Å². The van der Waals surface area contributed by atoms with Gasteiger partial charge in [-0.3, -0.25) is 20.4 Å². The van der Waals surface area contributed by atoms with E-state index in [1.807, 2.05) is 0 Å². The Bertz CT molecular complexity index is 2000. The number of carboxylic acid groups (broad SMARTS) is 2. The SMILES string of the molecule is COC(=O)CCSCC(=O)Nc1cc(NC(=N)N)cc(C)c1-c1cccc(S(=O)(=O)c2cc(C(=N)N)sc2SC)c1.O=C(O)C(F)(F)F.O=C(O)C(F)(F)F. The van der Waals surface area contributed by atoms with Crippen molar-refractivity contribution in [2.24, 2.45) is 11.5 Å². The topological polar surface area (TPSA) is 276 Å². The van der Waals surface area contributed by atoms with Gasteiger partial charge in [-0.05, 0) is 54.6 Å². The maximum absolute atomic E-state index is 13.7. The number of amides is 1. The Labute approximate surface area is 321 Å². The lowest BCUT2D eigenvalue weighted by Gasteiger charge is -2.18. The fourth-order valence-electron chi connectivity index (χ4n) is 3.87. The average Bonchev–Trinajstić information content (AvgIpc) is 3.52. The molecule has 1 aromatic heterocycles. The smallest absolute Gasteiger partial charge is 0.475 e. The Morgan fingerprint density at radius 3 is 1.98 bits per heavy atom. The van der Waals surface area contributed by atoms with Crippen molar-refractivity contribution < 1.29 is 68.9 Å². The van der Waals surface area contributed by atoms with Gasteiger partial charge in [-0.15, -0.1) is 23.1 Å². The van der Waals surface area contributed by atoms with Crippen LogP contribution in [0.1, 0.15) is 16.9 Å². The highest BCUT2D eigenvalue weighted by atomic mass is 32.2. The number of sulfone groups is 1. The summed E-state index contributed by atoms with van der Waals surface area (Å²) in [6.45, 7) is 1.80. The number of guanidine groups is 1. The van der Waals surface area contributed by atoms with Crippen molar-refractivity contribution in [1.82, 2.24) is 0 Å². The zero-order valence-electron chi connectivity index (χ0n) is 28.5. The Balaban J connectivity index is 0.000000913. The Morgan fingerprint density at radius 1 is 0.945 bits per heavy atom. The van der Waals surface area contributed by atoms with Crippen molar-refractivity contribution in [3.8, 4) is 11.1 Å². The fraction of sp³-hybridized carbons (Fsp3) is 0.267. The van der Waals surface area contributed by atoms with Gasteiger partial charge in [0.15, 0.2) is 5.96 Å². The number of thioether (sulfide) groups is 2. The van der Waals surface area contributed by atoms with Gasteiger partial charge in [-0.25, -0.2) is 18.0 Å². The van der Waals surface area contributed by atoms with E-state index in [1.165, 1.54) is 48.8 Å². The highest BCUT2D eigenvalue weighted by molar-refractivity contribution is 8.01. The van der Waals surface area contributed by atoms with E-state index >= 15 is 0 Å². The number of thiophene rings is 1. The molecule has 25 heteroatoms. The van der Waals surface area contributed by atoms with Gasteiger partial charge < -0.3 is 37.1 Å². The highest BCUT2D eigenvalue weighted by Gasteiger charge is 2.39. The number of amidine groups is 1. The van der Waals surface area contributed by atoms with Gasteiger partial charge in [0.25, 0.3) is 0 Å². The summed E-state index contributed by atoms with van der Waals surface area (Å²) in [5, 5.41) is 35.1. The summed E-state index contributed by atoms with van der Waals surface area (Å²) in [6.07, 6.45) is -8.23. The van der Waals surface area contributed by atoms with Crippen LogP contribution in [0.3, 0.4) is 0 Å². The Hall–Kier alpha value is -5.01. The first-order valence-electron chi connectivity index (χ1n) is 14.4. The molecular formula is C30H32F6N6O9S4. The fourth-order valence-corrected chi connectivity index (χ4v) is 8.49. The largest absolute Gasteiger partial charge is 0.490 e. The van der Waals surface area contributed by atoms with Crippen molar-refractivity contribution in [2.45, 2.75) is 39.7 Å². The van der Waals surface area contributed by atoms with Crippen molar-refractivity contribution in [3.63, 3.8) is 0 Å². The standard InChI is InChI=1S/C26H30N6O5S4.2C2HF3O2/c1-14-9-16(31-26(29)30)11-18(32-21(33)13-39-8-7-22(34)37-2)23(14)15-5-4-6-17(10-15)41(35,36)20-12-19(24(27)28)40-25(20)38-3;2*3-2(4,5)1(6)7/h4-6,9-12H,7-8,13H2,1-3H3,(H3,27,28)(H,32,33)(H4,29,30,31);2*(H,6,7). The number of anilines is 2. The van der Waals surface area contributed by atoms with E-state index in [4.69, 9.17) is 42.1 Å². The lowest BCUT2D eigenvalue weighted by molar-refractivity contribution is -0.193. The second kappa shape index (κ2) is 20.6. The minimum Gasteiger partial charge on any atom is -0.475 e. The Kier molecular flexibility index (Phi) is 18.0. The first kappa shape index (κ1) is 48.0. The summed E-state index contributed by atoms with van der Waals surface area (Å²) in [5.41, 5.74) is 13.8. The van der Waals surface area contributed by atoms with Crippen LogP contribution >= 0.6 is 34.9 Å². The summed E-state index contributed by atoms with van der Waals surface area (Å²) in [6, 6.07) is 11.2. The molecule has 10 N–H and O–H groups in total. The molecule has 302 valence electrons. The minimum absolute atomic E-state index is 0.0409. The van der Waals surface area contributed by atoms with Crippen molar-refractivity contribution in [2.75, 3.05) is 35.5 Å². The molecule has 0 aliphatic carbocycles. The number of aryl methyl sites for hydroxylation is 1. The van der Waals surface area contributed by atoms with Crippen LogP contribution in [0.2, 0.25) is 0 Å². The maximum atomic E-state index is 13.7. The van der Waals surface area contributed by atoms with E-state index in [9.17, 15) is 44.3 Å². The maximum Gasteiger partial charge on any atom is 0.490 e. The minimum atomic E-state index is -5.08. The molecule has 0 aliphatic heterocycles. The lowest BCUT2D eigenvalue weighted by Crippen LogP contribution is -2.21. The number of nitrogens with two attached hydrogens (primary N) is 2. The molecule has 15 nitrogen and oxygen atoms in total. The van der Waals surface area contributed by atoms with Crippen LogP contribution in [0.4, 0.5) is 37.7 Å². The van der Waals surface area contributed by atoms with Crippen molar-refractivity contribution in [3.05, 3.63) is 52.9 Å². The van der Waals surface area contributed by atoms with Gasteiger partial charge in [0, 0.05) is 17.0 Å². The summed E-state index contributed by atoms with van der Waals surface area (Å²) >= 11 is 3.67. The average molecular weight is 863 g/mol. The van der Waals surface area contributed by atoms with Crippen molar-refractivity contribution >= 4 is 91.7 Å². The molecule has 2 aromatic carbocycles. The van der Waals surface area contributed by atoms with E-state index < -0.39 is 34.1 Å². The second-order valence-corrected chi connectivity index (χ2v) is 15.3. The summed E-state index contributed by atoms with van der Waals surface area (Å²) in [4.78, 5) is 42.4. The number of alkyl halides is 6. The summed E-state index contributed by atoms with van der Waals surface area (Å²) < 4.78 is 96.0. The number of nitrogens with one attached hydrogen (secondary N) is 4. The molecule has 0 saturated carbocycles. The van der Waals surface area contributed by atoms with Crippen molar-refractivity contribution in [1.29, 1.82) is 10.8 Å². The molecule has 3 rings (SSSR count). The second-order valence-electron chi connectivity index (χ2n) is 10.2. The first-order chi connectivity index (χ1) is 25.3. The van der Waals surface area contributed by atoms with Crippen LogP contribution < -0.4 is 22.1 Å². The number of hydrogen-bond donors (Lipinski definition) is 8. The van der Waals surface area contributed by atoms with Crippen LogP contribution in [-0.4, -0.2) is 91.5 Å². The number of carbonyl (C=O) groups excluding carboxylic acids is 2. The number of nitrogen functional groups attached to an aromatic ring is 1. The predicted molar refractivity (Wildman–Crippen MR) is 195 cm³/mol. The molecule has 1 amide bonds. The number of carbonyl (C=O) groups is 4. The number of rotatable bonds is 12. The third-order valence-corrected chi connectivity index (χ3v) is 11.4. The zero-order valence-corrected chi connectivity index (χ0v) is 31.7. The van der Waals surface area contributed by atoms with Gasteiger partial charge >= 0.3 is 30.3 Å². The predicted octanol–water partition coefficient (Wildman–Crippen LogP) is 5.37. The van der Waals surface area contributed by atoms with Gasteiger partial charge in [-0.2, -0.15) is 38.1 Å². The lowest BCUT2D eigenvalue weighted by atomic mass is 9.97. The monoisotopic (exact) mass is 862 g/mol.